The normalized spacial score (nSPS) is 14.9. The van der Waals surface area contributed by atoms with E-state index in [9.17, 15) is 4.39 Å². The molecule has 0 radical (unpaired) electrons. The van der Waals surface area contributed by atoms with E-state index in [1.807, 2.05) is 5.38 Å². The summed E-state index contributed by atoms with van der Waals surface area (Å²) in [4.78, 5) is 4.51. The van der Waals surface area contributed by atoms with Crippen LogP contribution >= 0.6 is 27.3 Å². The molecule has 5 heteroatoms. The molecular weight excluding hydrogens is 303 g/mol. The first-order chi connectivity index (χ1) is 8.22. The molecule has 0 saturated heterocycles. The number of nitrogens with zero attached hydrogens (tertiary/aromatic N) is 1. The average Bonchev–Trinajstić information content (AvgIpc) is 2.96. The molecule has 0 spiro atoms. The molecule has 1 aliphatic carbocycles. The van der Waals surface area contributed by atoms with Crippen LogP contribution in [0.3, 0.4) is 0 Å². The first-order valence-corrected chi connectivity index (χ1v) is 7.07. The molecule has 88 valence electrons. The van der Waals surface area contributed by atoms with Crippen molar-refractivity contribution in [3.8, 4) is 11.3 Å². The SMILES string of the molecule is Fc1ccc(-c2csc(NC3CC3)n2)c(Br)c1. The van der Waals surface area contributed by atoms with Gasteiger partial charge in [-0.25, -0.2) is 9.37 Å². The predicted molar refractivity (Wildman–Crippen MR) is 71.9 cm³/mol. The fraction of sp³-hybridized carbons (Fsp3) is 0.250. The summed E-state index contributed by atoms with van der Waals surface area (Å²) in [6, 6.07) is 5.26. The van der Waals surface area contributed by atoms with Crippen LogP contribution in [0.5, 0.6) is 0 Å². The van der Waals surface area contributed by atoms with E-state index in [4.69, 9.17) is 0 Å². The van der Waals surface area contributed by atoms with Crippen molar-refractivity contribution in [2.24, 2.45) is 0 Å². The van der Waals surface area contributed by atoms with Crippen LogP contribution in [0.15, 0.2) is 28.1 Å². The number of hydrogen-bond acceptors (Lipinski definition) is 3. The van der Waals surface area contributed by atoms with Crippen LogP contribution in [-0.2, 0) is 0 Å². The number of anilines is 1. The highest BCUT2D eigenvalue weighted by molar-refractivity contribution is 9.10. The van der Waals surface area contributed by atoms with E-state index in [-0.39, 0.29) is 5.82 Å². The molecule has 0 aliphatic heterocycles. The molecule has 0 atom stereocenters. The Balaban J connectivity index is 1.89. The van der Waals surface area contributed by atoms with Gasteiger partial charge >= 0.3 is 0 Å². The molecule has 0 unspecified atom stereocenters. The summed E-state index contributed by atoms with van der Waals surface area (Å²) in [6.07, 6.45) is 2.46. The molecule has 0 bridgehead atoms. The molecule has 17 heavy (non-hydrogen) atoms. The van der Waals surface area contributed by atoms with Gasteiger partial charge in [0.1, 0.15) is 5.82 Å². The Bertz CT molecular complexity index is 551. The first kappa shape index (κ1) is 11.2. The van der Waals surface area contributed by atoms with E-state index in [0.29, 0.717) is 6.04 Å². The smallest absolute Gasteiger partial charge is 0.183 e. The number of aromatic nitrogens is 1. The minimum Gasteiger partial charge on any atom is -0.359 e. The molecule has 2 nitrogen and oxygen atoms in total. The van der Waals surface area contributed by atoms with Gasteiger partial charge in [0.15, 0.2) is 5.13 Å². The minimum absolute atomic E-state index is 0.243. The molecule has 1 saturated carbocycles. The Kier molecular flexibility index (Phi) is 2.88. The highest BCUT2D eigenvalue weighted by atomic mass is 79.9. The summed E-state index contributed by atoms with van der Waals surface area (Å²) >= 11 is 4.95. The number of nitrogens with one attached hydrogen (secondary N) is 1. The quantitative estimate of drug-likeness (QED) is 0.914. The van der Waals surface area contributed by atoms with E-state index >= 15 is 0 Å². The van der Waals surface area contributed by atoms with Gasteiger partial charge in [-0.05, 0) is 47.0 Å². The number of hydrogen-bond donors (Lipinski definition) is 1. The lowest BCUT2D eigenvalue weighted by atomic mass is 10.2. The summed E-state index contributed by atoms with van der Waals surface area (Å²) in [5.41, 5.74) is 1.80. The van der Waals surface area contributed by atoms with E-state index < -0.39 is 0 Å². The average molecular weight is 313 g/mol. The summed E-state index contributed by atoms with van der Waals surface area (Å²) < 4.78 is 13.7. The number of halogens is 2. The van der Waals surface area contributed by atoms with Crippen molar-refractivity contribution < 1.29 is 4.39 Å². The fourth-order valence-corrected chi connectivity index (χ4v) is 2.91. The monoisotopic (exact) mass is 312 g/mol. The third-order valence-corrected chi connectivity index (χ3v) is 4.05. The zero-order chi connectivity index (χ0) is 11.8. The van der Waals surface area contributed by atoms with Crippen molar-refractivity contribution in [3.05, 3.63) is 33.9 Å². The second kappa shape index (κ2) is 4.38. The van der Waals surface area contributed by atoms with Gasteiger partial charge in [-0.1, -0.05) is 0 Å². The summed E-state index contributed by atoms with van der Waals surface area (Å²) in [5.74, 6) is -0.243. The molecule has 3 rings (SSSR count). The minimum atomic E-state index is -0.243. The zero-order valence-electron chi connectivity index (χ0n) is 8.91. The summed E-state index contributed by atoms with van der Waals surface area (Å²) in [7, 11) is 0. The lowest BCUT2D eigenvalue weighted by Gasteiger charge is -2.01. The van der Waals surface area contributed by atoms with Crippen LogP contribution in [-0.4, -0.2) is 11.0 Å². The molecule has 1 aliphatic rings. The Morgan fingerprint density at radius 3 is 2.94 bits per heavy atom. The topological polar surface area (TPSA) is 24.9 Å². The van der Waals surface area contributed by atoms with Gasteiger partial charge < -0.3 is 5.32 Å². The van der Waals surface area contributed by atoms with Crippen molar-refractivity contribution in [2.45, 2.75) is 18.9 Å². The fourth-order valence-electron chi connectivity index (χ4n) is 1.56. The van der Waals surface area contributed by atoms with Crippen LogP contribution in [0.2, 0.25) is 0 Å². The molecular formula is C12H10BrFN2S. The Hall–Kier alpha value is -0.940. The molecule has 0 amide bonds. The van der Waals surface area contributed by atoms with Crippen molar-refractivity contribution in [2.75, 3.05) is 5.32 Å². The molecule has 1 fully saturated rings. The maximum absolute atomic E-state index is 13.0. The number of rotatable bonds is 3. The van der Waals surface area contributed by atoms with E-state index in [0.717, 1.165) is 20.9 Å². The van der Waals surface area contributed by atoms with Crippen LogP contribution in [0.4, 0.5) is 9.52 Å². The van der Waals surface area contributed by atoms with Crippen LogP contribution in [0.1, 0.15) is 12.8 Å². The maximum atomic E-state index is 13.0. The van der Waals surface area contributed by atoms with E-state index in [2.05, 4.69) is 26.2 Å². The molecule has 2 aromatic rings. The Labute approximate surface area is 111 Å². The number of benzene rings is 1. The Morgan fingerprint density at radius 1 is 1.41 bits per heavy atom. The zero-order valence-corrected chi connectivity index (χ0v) is 11.3. The summed E-state index contributed by atoms with van der Waals surface area (Å²) in [6.45, 7) is 0. The van der Waals surface area contributed by atoms with Gasteiger partial charge in [-0.15, -0.1) is 11.3 Å². The molecule has 1 heterocycles. The van der Waals surface area contributed by atoms with Crippen molar-refractivity contribution in [1.29, 1.82) is 0 Å². The van der Waals surface area contributed by atoms with E-state index in [1.54, 1.807) is 17.4 Å². The van der Waals surface area contributed by atoms with Crippen LogP contribution in [0, 0.1) is 5.82 Å². The molecule has 1 aromatic carbocycles. The maximum Gasteiger partial charge on any atom is 0.183 e. The van der Waals surface area contributed by atoms with Crippen molar-refractivity contribution >= 4 is 32.4 Å². The lowest BCUT2D eigenvalue weighted by molar-refractivity contribution is 0.627. The van der Waals surface area contributed by atoms with Crippen LogP contribution in [0.25, 0.3) is 11.3 Å². The second-order valence-corrected chi connectivity index (χ2v) is 5.79. The Morgan fingerprint density at radius 2 is 2.24 bits per heavy atom. The largest absolute Gasteiger partial charge is 0.359 e. The lowest BCUT2D eigenvalue weighted by Crippen LogP contribution is -1.99. The molecule has 1 aromatic heterocycles. The first-order valence-electron chi connectivity index (χ1n) is 5.40. The van der Waals surface area contributed by atoms with Gasteiger partial charge in [0.25, 0.3) is 0 Å². The van der Waals surface area contributed by atoms with Crippen molar-refractivity contribution in [1.82, 2.24) is 4.98 Å². The van der Waals surface area contributed by atoms with Gasteiger partial charge in [-0.2, -0.15) is 0 Å². The highest BCUT2D eigenvalue weighted by Gasteiger charge is 2.22. The third-order valence-electron chi connectivity index (χ3n) is 2.62. The second-order valence-electron chi connectivity index (χ2n) is 4.08. The highest BCUT2D eigenvalue weighted by Crippen LogP contribution is 2.33. The summed E-state index contributed by atoms with van der Waals surface area (Å²) in [5, 5.41) is 6.29. The van der Waals surface area contributed by atoms with Crippen molar-refractivity contribution in [3.63, 3.8) is 0 Å². The third kappa shape index (κ3) is 2.50. The molecule has 1 N–H and O–H groups in total. The standard InChI is InChI=1S/C12H10BrFN2S/c13-10-5-7(14)1-4-9(10)11-6-17-12(16-11)15-8-2-3-8/h1,4-6,8H,2-3H2,(H,15,16). The van der Waals surface area contributed by atoms with Gasteiger partial charge in [0.2, 0.25) is 0 Å². The predicted octanol–water partition coefficient (Wildman–Crippen LogP) is 4.29. The van der Waals surface area contributed by atoms with E-state index in [1.165, 1.54) is 25.0 Å². The van der Waals surface area contributed by atoms with Crippen LogP contribution < -0.4 is 5.32 Å². The number of thiazole rings is 1. The van der Waals surface area contributed by atoms with Gasteiger partial charge in [-0.3, -0.25) is 0 Å². The van der Waals surface area contributed by atoms with Gasteiger partial charge in [0.05, 0.1) is 5.69 Å². The van der Waals surface area contributed by atoms with Gasteiger partial charge in [0, 0.05) is 21.5 Å².